The Bertz CT molecular complexity index is 1050. The number of hydrogen-bond donors (Lipinski definition) is 2. The van der Waals surface area contributed by atoms with Crippen molar-refractivity contribution in [3.63, 3.8) is 0 Å². The molecule has 0 saturated heterocycles. The minimum Gasteiger partial charge on any atom is -0.497 e. The van der Waals surface area contributed by atoms with Crippen LogP contribution < -0.4 is 15.4 Å². The summed E-state index contributed by atoms with van der Waals surface area (Å²) in [6, 6.07) is 14.7. The molecule has 2 aromatic carbocycles. The third-order valence-electron chi connectivity index (χ3n) is 4.68. The molecule has 2 N–H and O–H groups in total. The van der Waals surface area contributed by atoms with Crippen LogP contribution in [0.4, 0.5) is 11.6 Å². The number of fused-ring (bicyclic) bond motifs is 1. The third-order valence-corrected chi connectivity index (χ3v) is 4.68. The monoisotopic (exact) mass is 376 g/mol. The first-order chi connectivity index (χ1) is 13.6. The van der Waals surface area contributed by atoms with E-state index in [9.17, 15) is 4.79 Å². The van der Waals surface area contributed by atoms with Crippen LogP contribution in [0.3, 0.4) is 0 Å². The van der Waals surface area contributed by atoms with Crippen LogP contribution in [0, 0.1) is 6.92 Å². The molecule has 1 unspecified atom stereocenters. The number of rotatable bonds is 4. The number of amides is 1. The van der Waals surface area contributed by atoms with Crippen molar-refractivity contribution in [3.05, 3.63) is 70.9 Å². The van der Waals surface area contributed by atoms with Crippen LogP contribution >= 0.6 is 0 Å². The first-order valence-electron chi connectivity index (χ1n) is 8.84. The van der Waals surface area contributed by atoms with Gasteiger partial charge in [-0.25, -0.2) is 0 Å². The maximum absolute atomic E-state index is 13.2. The Kier molecular flexibility index (Phi) is 4.52. The van der Waals surface area contributed by atoms with E-state index in [0.29, 0.717) is 23.0 Å². The number of aryl methyl sites for hydroxylation is 1. The molecule has 0 fully saturated rings. The number of hydrogen-bond acceptors (Lipinski definition) is 6. The van der Waals surface area contributed by atoms with E-state index in [2.05, 4.69) is 26.2 Å². The van der Waals surface area contributed by atoms with E-state index in [-0.39, 0.29) is 5.91 Å². The predicted molar refractivity (Wildman–Crippen MR) is 105 cm³/mol. The van der Waals surface area contributed by atoms with E-state index in [1.807, 2.05) is 62.4 Å². The fourth-order valence-corrected chi connectivity index (χ4v) is 3.26. The lowest BCUT2D eigenvalue weighted by molar-refractivity contribution is -0.113. The molecule has 1 amide bonds. The molecule has 1 aromatic heterocycles. The molecule has 4 rings (SSSR count). The van der Waals surface area contributed by atoms with Crippen molar-refractivity contribution in [2.75, 3.05) is 17.7 Å². The van der Waals surface area contributed by atoms with E-state index in [1.54, 1.807) is 11.8 Å². The van der Waals surface area contributed by atoms with Crippen LogP contribution in [0.1, 0.15) is 24.1 Å². The van der Waals surface area contributed by atoms with Crippen LogP contribution in [-0.2, 0) is 4.79 Å². The molecular formula is C20H20N6O2. The second-order valence-corrected chi connectivity index (χ2v) is 6.61. The Morgan fingerprint density at radius 1 is 1.18 bits per heavy atom. The summed E-state index contributed by atoms with van der Waals surface area (Å²) in [6.45, 7) is 3.84. The Morgan fingerprint density at radius 3 is 2.71 bits per heavy atom. The minimum atomic E-state index is -0.480. The van der Waals surface area contributed by atoms with Crippen LogP contribution in [0.25, 0.3) is 0 Å². The summed E-state index contributed by atoms with van der Waals surface area (Å²) in [5, 5.41) is 17.9. The minimum absolute atomic E-state index is 0.220. The van der Waals surface area contributed by atoms with Crippen LogP contribution in [0.5, 0.6) is 5.75 Å². The third kappa shape index (κ3) is 3.20. The molecule has 0 spiro atoms. The number of nitrogens with one attached hydrogen (secondary N) is 2. The molecular weight excluding hydrogens is 356 g/mol. The zero-order chi connectivity index (χ0) is 19.7. The molecule has 2 heterocycles. The molecule has 8 nitrogen and oxygen atoms in total. The van der Waals surface area contributed by atoms with Crippen molar-refractivity contribution < 1.29 is 9.53 Å². The number of carbonyl (C=O) groups excluding carboxylic acids is 1. The average molecular weight is 376 g/mol. The van der Waals surface area contributed by atoms with Gasteiger partial charge < -0.3 is 15.4 Å². The number of ether oxygens (including phenoxy) is 1. The predicted octanol–water partition coefficient (Wildman–Crippen LogP) is 2.92. The highest BCUT2D eigenvalue weighted by Crippen LogP contribution is 2.35. The van der Waals surface area contributed by atoms with E-state index < -0.39 is 6.04 Å². The second-order valence-electron chi connectivity index (χ2n) is 6.61. The number of aromatic nitrogens is 4. The number of carbonyl (C=O) groups is 1. The molecule has 1 aliphatic rings. The summed E-state index contributed by atoms with van der Waals surface area (Å²) in [7, 11) is 1.61. The first kappa shape index (κ1) is 17.7. The smallest absolute Gasteiger partial charge is 0.255 e. The average Bonchev–Trinajstić information content (AvgIpc) is 3.16. The van der Waals surface area contributed by atoms with Gasteiger partial charge in [0.2, 0.25) is 5.95 Å². The maximum atomic E-state index is 13.2. The summed E-state index contributed by atoms with van der Waals surface area (Å²) in [5.74, 6) is 0.960. The van der Waals surface area contributed by atoms with Crippen LogP contribution in [0.15, 0.2) is 59.8 Å². The molecule has 3 aromatic rings. The Hall–Kier alpha value is -3.68. The summed E-state index contributed by atoms with van der Waals surface area (Å²) in [5.41, 5.74) is 3.93. The number of methoxy groups -OCH3 is 1. The number of benzene rings is 2. The normalized spacial score (nSPS) is 15.6. The zero-order valence-electron chi connectivity index (χ0n) is 15.8. The lowest BCUT2D eigenvalue weighted by Gasteiger charge is -2.28. The van der Waals surface area contributed by atoms with Gasteiger partial charge in [0.25, 0.3) is 5.91 Å². The van der Waals surface area contributed by atoms with E-state index in [0.717, 1.165) is 16.8 Å². The first-order valence-corrected chi connectivity index (χ1v) is 8.84. The summed E-state index contributed by atoms with van der Waals surface area (Å²) >= 11 is 0. The quantitative estimate of drug-likeness (QED) is 0.727. The number of nitrogens with zero attached hydrogens (tertiary/aromatic N) is 4. The van der Waals surface area contributed by atoms with Gasteiger partial charge in [-0.1, -0.05) is 34.9 Å². The van der Waals surface area contributed by atoms with Crippen LogP contribution in [-0.4, -0.2) is 33.2 Å². The van der Waals surface area contributed by atoms with E-state index >= 15 is 0 Å². The van der Waals surface area contributed by atoms with E-state index in [4.69, 9.17) is 4.74 Å². The number of anilines is 2. The molecule has 8 heteroatoms. The van der Waals surface area contributed by atoms with Gasteiger partial charge in [0.15, 0.2) is 0 Å². The van der Waals surface area contributed by atoms with Crippen molar-refractivity contribution in [2.24, 2.45) is 0 Å². The summed E-state index contributed by atoms with van der Waals surface area (Å²) < 4.78 is 6.95. The molecule has 1 atom stereocenters. The molecule has 28 heavy (non-hydrogen) atoms. The van der Waals surface area contributed by atoms with Gasteiger partial charge in [-0.15, -0.1) is 0 Å². The van der Waals surface area contributed by atoms with Gasteiger partial charge in [-0.3, -0.25) is 4.79 Å². The van der Waals surface area contributed by atoms with E-state index in [1.165, 1.54) is 0 Å². The van der Waals surface area contributed by atoms with Gasteiger partial charge in [0, 0.05) is 11.4 Å². The van der Waals surface area contributed by atoms with Gasteiger partial charge in [0.05, 0.1) is 12.7 Å². The Labute approximate surface area is 162 Å². The van der Waals surface area contributed by atoms with Gasteiger partial charge >= 0.3 is 0 Å². The lowest BCUT2D eigenvalue weighted by Crippen LogP contribution is -2.31. The second kappa shape index (κ2) is 7.15. The van der Waals surface area contributed by atoms with Crippen molar-refractivity contribution >= 4 is 17.5 Å². The summed E-state index contributed by atoms with van der Waals surface area (Å²) in [4.78, 5) is 13.2. The van der Waals surface area contributed by atoms with Crippen molar-refractivity contribution in [1.82, 2.24) is 20.2 Å². The highest BCUT2D eigenvalue weighted by Gasteiger charge is 2.34. The molecule has 1 aliphatic heterocycles. The van der Waals surface area contributed by atoms with Crippen molar-refractivity contribution in [3.8, 4) is 5.75 Å². The molecule has 0 radical (unpaired) electrons. The zero-order valence-corrected chi connectivity index (χ0v) is 15.8. The van der Waals surface area contributed by atoms with Crippen molar-refractivity contribution in [1.29, 1.82) is 0 Å². The highest BCUT2D eigenvalue weighted by atomic mass is 16.5. The highest BCUT2D eigenvalue weighted by molar-refractivity contribution is 6.06. The van der Waals surface area contributed by atoms with Gasteiger partial charge in [-0.05, 0) is 54.1 Å². The number of tetrazole rings is 1. The van der Waals surface area contributed by atoms with Crippen LogP contribution in [0.2, 0.25) is 0 Å². The molecule has 0 aliphatic carbocycles. The Balaban J connectivity index is 1.76. The molecule has 142 valence electrons. The van der Waals surface area contributed by atoms with Crippen molar-refractivity contribution in [2.45, 2.75) is 19.9 Å². The number of allylic oxidation sites excluding steroid dienone is 1. The largest absolute Gasteiger partial charge is 0.497 e. The van der Waals surface area contributed by atoms with Gasteiger partial charge in [0.1, 0.15) is 11.8 Å². The standard InChI is InChI=1S/C20H20N6O2/c1-12-7-9-15(10-8-12)22-19(27)17-13(2)21-20-23-24-25-26(20)18(17)14-5-4-6-16(11-14)28-3/h4-11,18H,1-3H3,(H,22,27)(H,21,23,25). The molecule has 0 bridgehead atoms. The lowest BCUT2D eigenvalue weighted by atomic mass is 9.95. The SMILES string of the molecule is COc1cccc(C2C(C(=O)Nc3ccc(C)cc3)=C(C)Nc3nnnn32)c1. The fourth-order valence-electron chi connectivity index (χ4n) is 3.26. The Morgan fingerprint density at radius 2 is 1.96 bits per heavy atom. The summed E-state index contributed by atoms with van der Waals surface area (Å²) in [6.07, 6.45) is 0. The fraction of sp³-hybridized carbons (Fsp3) is 0.200. The maximum Gasteiger partial charge on any atom is 0.255 e. The molecule has 0 saturated carbocycles. The topological polar surface area (TPSA) is 94.0 Å². The van der Waals surface area contributed by atoms with Gasteiger partial charge in [-0.2, -0.15) is 4.68 Å².